The smallest absolute Gasteiger partial charge is 0.0508 e. The fourth-order valence-electron chi connectivity index (χ4n) is 4.72. The van der Waals surface area contributed by atoms with Crippen molar-refractivity contribution >= 4 is 10.9 Å². The summed E-state index contributed by atoms with van der Waals surface area (Å²) >= 11 is 0. The largest absolute Gasteiger partial charge is 0.384 e. The van der Waals surface area contributed by atoms with Crippen molar-refractivity contribution in [1.82, 2.24) is 15.2 Å². The summed E-state index contributed by atoms with van der Waals surface area (Å²) in [5, 5.41) is 4.88. The van der Waals surface area contributed by atoms with E-state index in [0.29, 0.717) is 11.3 Å². The van der Waals surface area contributed by atoms with Gasteiger partial charge in [0.05, 0.1) is 6.61 Å². The Morgan fingerprint density at radius 1 is 1.26 bits per heavy atom. The van der Waals surface area contributed by atoms with Crippen LogP contribution in [-0.2, 0) is 11.3 Å². The van der Waals surface area contributed by atoms with E-state index in [4.69, 9.17) is 4.74 Å². The van der Waals surface area contributed by atoms with Crippen LogP contribution in [0, 0.1) is 11.3 Å². The van der Waals surface area contributed by atoms with E-state index in [1.165, 1.54) is 35.9 Å². The predicted molar refractivity (Wildman–Crippen MR) is 93.5 cm³/mol. The summed E-state index contributed by atoms with van der Waals surface area (Å²) in [5.74, 6) is 0.667. The third-order valence-corrected chi connectivity index (χ3v) is 5.93. The molecule has 0 radical (unpaired) electrons. The second kappa shape index (κ2) is 6.27. The van der Waals surface area contributed by atoms with Gasteiger partial charge in [-0.25, -0.2) is 0 Å². The molecule has 2 aliphatic rings. The zero-order valence-corrected chi connectivity index (χ0v) is 14.0. The fraction of sp³-hybridized carbons (Fsp3) is 0.579. The second-order valence-electron chi connectivity index (χ2n) is 7.29. The van der Waals surface area contributed by atoms with Crippen molar-refractivity contribution in [2.75, 3.05) is 39.9 Å². The molecule has 1 aromatic carbocycles. The molecule has 0 bridgehead atoms. The number of hydrogen-bond donors (Lipinski definition) is 2. The van der Waals surface area contributed by atoms with Crippen LogP contribution in [0.3, 0.4) is 0 Å². The van der Waals surface area contributed by atoms with Crippen LogP contribution < -0.4 is 5.32 Å². The molecule has 2 N–H and O–H groups in total. The number of H-pyrrole nitrogens is 1. The normalized spacial score (nSPS) is 24.7. The van der Waals surface area contributed by atoms with Crippen LogP contribution in [0.1, 0.15) is 18.4 Å². The molecule has 4 heteroatoms. The molecule has 0 amide bonds. The highest BCUT2D eigenvalue weighted by Gasteiger charge is 2.46. The van der Waals surface area contributed by atoms with E-state index in [2.05, 4.69) is 39.5 Å². The van der Waals surface area contributed by atoms with Crippen LogP contribution in [-0.4, -0.2) is 49.8 Å². The quantitative estimate of drug-likeness (QED) is 0.911. The molecular weight excluding hydrogens is 286 g/mol. The first kappa shape index (κ1) is 15.2. The SMILES string of the molecule is COCC1CN(Cc2cccc3[nH]ccc23)CC12CCNCC2. The Labute approximate surface area is 138 Å². The number of nitrogens with zero attached hydrogens (tertiary/aromatic N) is 1. The van der Waals surface area contributed by atoms with Gasteiger partial charge in [-0.2, -0.15) is 0 Å². The van der Waals surface area contributed by atoms with Gasteiger partial charge in [-0.1, -0.05) is 12.1 Å². The van der Waals surface area contributed by atoms with E-state index in [1.807, 2.05) is 13.3 Å². The molecule has 0 saturated carbocycles. The number of piperidine rings is 1. The molecule has 2 saturated heterocycles. The average Bonchev–Trinajstić information content (AvgIpc) is 3.15. The molecule has 4 rings (SSSR count). The van der Waals surface area contributed by atoms with Gasteiger partial charge >= 0.3 is 0 Å². The van der Waals surface area contributed by atoms with Crippen molar-refractivity contribution in [3.63, 3.8) is 0 Å². The first-order valence-electron chi connectivity index (χ1n) is 8.78. The first-order chi connectivity index (χ1) is 11.3. The van der Waals surface area contributed by atoms with Gasteiger partial charge in [0.25, 0.3) is 0 Å². The Morgan fingerprint density at radius 3 is 2.96 bits per heavy atom. The number of ether oxygens (including phenoxy) is 1. The van der Waals surface area contributed by atoms with E-state index in [0.717, 1.165) is 32.8 Å². The first-order valence-corrected chi connectivity index (χ1v) is 8.78. The van der Waals surface area contributed by atoms with Crippen molar-refractivity contribution in [3.8, 4) is 0 Å². The number of aromatic amines is 1. The molecule has 3 heterocycles. The number of fused-ring (bicyclic) bond motifs is 1. The Bertz CT molecular complexity index is 659. The van der Waals surface area contributed by atoms with Gasteiger partial charge in [-0.3, -0.25) is 4.90 Å². The minimum atomic E-state index is 0.452. The number of rotatable bonds is 4. The zero-order chi connectivity index (χ0) is 15.7. The molecule has 1 atom stereocenters. The van der Waals surface area contributed by atoms with Crippen LogP contribution in [0.4, 0.5) is 0 Å². The molecule has 4 nitrogen and oxygen atoms in total. The lowest BCUT2D eigenvalue weighted by Crippen LogP contribution is -2.43. The third-order valence-electron chi connectivity index (χ3n) is 5.93. The molecule has 2 aromatic rings. The second-order valence-corrected chi connectivity index (χ2v) is 7.29. The van der Waals surface area contributed by atoms with E-state index >= 15 is 0 Å². The molecule has 1 spiro atoms. The van der Waals surface area contributed by atoms with Crippen molar-refractivity contribution in [1.29, 1.82) is 0 Å². The standard InChI is InChI=1S/C19H27N3O/c1-23-13-16-12-22(14-19(16)6-9-20-10-7-19)11-15-3-2-4-18-17(15)5-8-21-18/h2-5,8,16,20-21H,6-7,9-14H2,1H3. The molecule has 1 unspecified atom stereocenters. The van der Waals surface area contributed by atoms with Gasteiger partial charge in [-0.15, -0.1) is 0 Å². The Kier molecular flexibility index (Phi) is 4.14. The number of likely N-dealkylation sites (tertiary alicyclic amines) is 1. The van der Waals surface area contributed by atoms with Crippen molar-refractivity contribution in [3.05, 3.63) is 36.0 Å². The highest BCUT2D eigenvalue weighted by molar-refractivity contribution is 5.82. The van der Waals surface area contributed by atoms with Gasteiger partial charge in [-0.05, 0) is 49.0 Å². The maximum atomic E-state index is 5.56. The summed E-state index contributed by atoms with van der Waals surface area (Å²) in [6.45, 7) is 6.62. The van der Waals surface area contributed by atoms with Crippen molar-refractivity contribution in [2.45, 2.75) is 19.4 Å². The van der Waals surface area contributed by atoms with Crippen LogP contribution in [0.15, 0.2) is 30.5 Å². The number of nitrogens with one attached hydrogen (secondary N) is 2. The van der Waals surface area contributed by atoms with Gasteiger partial charge < -0.3 is 15.0 Å². The van der Waals surface area contributed by atoms with E-state index in [-0.39, 0.29) is 0 Å². The fourth-order valence-corrected chi connectivity index (χ4v) is 4.72. The highest BCUT2D eigenvalue weighted by atomic mass is 16.5. The maximum absolute atomic E-state index is 5.56. The van der Waals surface area contributed by atoms with Gasteiger partial charge in [0.15, 0.2) is 0 Å². The summed E-state index contributed by atoms with van der Waals surface area (Å²) in [6, 6.07) is 8.80. The van der Waals surface area contributed by atoms with E-state index in [1.54, 1.807) is 0 Å². The van der Waals surface area contributed by atoms with Gasteiger partial charge in [0.1, 0.15) is 0 Å². The van der Waals surface area contributed by atoms with E-state index in [9.17, 15) is 0 Å². The van der Waals surface area contributed by atoms with Crippen LogP contribution in [0.5, 0.6) is 0 Å². The molecule has 1 aromatic heterocycles. The maximum Gasteiger partial charge on any atom is 0.0508 e. The zero-order valence-electron chi connectivity index (χ0n) is 14.0. The molecular formula is C19H27N3O. The van der Waals surface area contributed by atoms with Crippen LogP contribution >= 0.6 is 0 Å². The summed E-state index contributed by atoms with van der Waals surface area (Å²) in [7, 11) is 1.85. The lowest BCUT2D eigenvalue weighted by Gasteiger charge is -2.38. The van der Waals surface area contributed by atoms with Crippen molar-refractivity contribution in [2.24, 2.45) is 11.3 Å². The number of methoxy groups -OCH3 is 1. The third kappa shape index (κ3) is 2.80. The number of benzene rings is 1. The molecule has 2 aliphatic heterocycles. The summed E-state index contributed by atoms with van der Waals surface area (Å²) in [6.07, 6.45) is 4.61. The lowest BCUT2D eigenvalue weighted by molar-refractivity contribution is 0.0716. The minimum Gasteiger partial charge on any atom is -0.384 e. The Balaban J connectivity index is 1.55. The molecule has 23 heavy (non-hydrogen) atoms. The van der Waals surface area contributed by atoms with Crippen LogP contribution in [0.2, 0.25) is 0 Å². The van der Waals surface area contributed by atoms with Crippen LogP contribution in [0.25, 0.3) is 10.9 Å². The number of aromatic nitrogens is 1. The van der Waals surface area contributed by atoms with Crippen molar-refractivity contribution < 1.29 is 4.74 Å². The Hall–Kier alpha value is -1.36. The average molecular weight is 313 g/mol. The Morgan fingerprint density at radius 2 is 2.13 bits per heavy atom. The molecule has 124 valence electrons. The molecule has 0 aliphatic carbocycles. The molecule has 2 fully saturated rings. The predicted octanol–water partition coefficient (Wildman–Crippen LogP) is 2.62. The van der Waals surface area contributed by atoms with Gasteiger partial charge in [0.2, 0.25) is 0 Å². The topological polar surface area (TPSA) is 40.3 Å². The monoisotopic (exact) mass is 313 g/mol. The summed E-state index contributed by atoms with van der Waals surface area (Å²) < 4.78 is 5.56. The summed E-state index contributed by atoms with van der Waals surface area (Å²) in [5.41, 5.74) is 3.13. The minimum absolute atomic E-state index is 0.452. The summed E-state index contributed by atoms with van der Waals surface area (Å²) in [4.78, 5) is 5.97. The number of hydrogen-bond acceptors (Lipinski definition) is 3. The highest BCUT2D eigenvalue weighted by Crippen LogP contribution is 2.44. The van der Waals surface area contributed by atoms with Gasteiger partial charge in [0, 0.05) is 49.8 Å². The lowest BCUT2D eigenvalue weighted by atomic mass is 9.71. The van der Waals surface area contributed by atoms with E-state index < -0.39 is 0 Å².